The maximum absolute atomic E-state index is 12.8. The molecule has 4 aromatic carbocycles. The maximum Gasteiger partial charge on any atom is 1.00 e. The van der Waals surface area contributed by atoms with Crippen molar-refractivity contribution < 1.29 is 166 Å². The monoisotopic (exact) mass is 1740 g/mol. The van der Waals surface area contributed by atoms with E-state index >= 15 is 0 Å². The minimum Gasteiger partial charge on any atom is -0.857 e. The van der Waals surface area contributed by atoms with Gasteiger partial charge in [0.15, 0.2) is 49.4 Å². The number of carbonyl (C=O) groups excluding carboxylic acids is 6. The van der Waals surface area contributed by atoms with Gasteiger partial charge in [-0.25, -0.2) is 24.0 Å². The molecule has 0 amide bonds. The van der Waals surface area contributed by atoms with Crippen molar-refractivity contribution >= 4 is 42.2 Å². The van der Waals surface area contributed by atoms with Crippen LogP contribution >= 0.6 is 0 Å². The van der Waals surface area contributed by atoms with Crippen LogP contribution in [-0.4, -0.2) is 256 Å². The molecule has 11 heterocycles. The zero-order valence-electron chi connectivity index (χ0n) is 66.2. The molecule has 9 unspecified atom stereocenters. The molecule has 664 valence electrons. The predicted octanol–water partition coefficient (Wildman–Crippen LogP) is -4.15. The third-order valence-corrected chi connectivity index (χ3v) is 18.3. The molecule has 7 aromatic rings. The number of aliphatic hydroxyl groups excluding tert-OH is 8. The number of nitrogens with zero attached hydrogens (tertiary/aromatic N) is 7. The Bertz CT molecular complexity index is 4880. The Labute approximate surface area is 724 Å². The van der Waals surface area contributed by atoms with Crippen LogP contribution in [0, 0.1) is 33.3 Å². The van der Waals surface area contributed by atoms with E-state index in [1.165, 1.54) is 17.7 Å². The number of esters is 5. The summed E-state index contributed by atoms with van der Waals surface area (Å²) < 4.78 is 74.5. The molecule has 0 radical (unpaired) electrons. The zero-order valence-corrected chi connectivity index (χ0v) is 68.2. The van der Waals surface area contributed by atoms with E-state index in [0.29, 0.717) is 51.8 Å². The number of aromatic nitrogens is 6. The number of hydrogen-bond acceptors (Lipinski definition) is 38. The van der Waals surface area contributed by atoms with E-state index in [2.05, 4.69) is 40.2 Å². The van der Waals surface area contributed by atoms with E-state index in [0.717, 1.165) is 7.11 Å². The van der Waals surface area contributed by atoms with Crippen molar-refractivity contribution in [2.75, 3.05) is 46.8 Å². The third-order valence-electron chi connectivity index (χ3n) is 18.3. The van der Waals surface area contributed by atoms with Crippen molar-refractivity contribution in [3.05, 3.63) is 232 Å². The number of aryl methyl sites for hydroxylation is 3. The van der Waals surface area contributed by atoms with Crippen LogP contribution < -0.4 is 84.2 Å². The normalized spacial score (nSPS) is 25.4. The first kappa shape index (κ1) is 104. The van der Waals surface area contributed by atoms with Crippen molar-refractivity contribution in [2.24, 2.45) is 22.5 Å². The summed E-state index contributed by atoms with van der Waals surface area (Å²) in [6, 6.07) is 34.2. The number of ether oxygens (including phenoxy) is 13. The Morgan fingerprint density at radius 2 is 0.992 bits per heavy atom. The number of H-pyrrole nitrogens is 1. The number of carbonyl (C=O) groups is 6. The molecule has 20 atom stereocenters. The van der Waals surface area contributed by atoms with E-state index in [1.54, 1.807) is 171 Å². The molecule has 0 saturated carbocycles. The van der Waals surface area contributed by atoms with Gasteiger partial charge in [0, 0.05) is 41.7 Å². The minimum atomic E-state index is -1.38. The molecule has 8 aliphatic rings. The van der Waals surface area contributed by atoms with Crippen LogP contribution in [0.4, 0.5) is 0 Å². The average Bonchev–Trinajstić information content (AvgIpc) is 1.61. The minimum absolute atomic E-state index is 0. The average molecular weight is 1740 g/mol. The van der Waals surface area contributed by atoms with Gasteiger partial charge in [0.25, 0.3) is 22.7 Å². The quantitative estimate of drug-likeness (QED) is 0.00602. The Morgan fingerprint density at radius 1 is 0.577 bits per heavy atom. The van der Waals surface area contributed by atoms with E-state index in [-0.39, 0.29) is 107 Å². The van der Waals surface area contributed by atoms with Gasteiger partial charge in [-0.2, -0.15) is 33.6 Å². The van der Waals surface area contributed by atoms with Crippen molar-refractivity contribution in [1.29, 1.82) is 0 Å². The number of nitrogens with two attached hydrogens (primary N) is 2. The molecule has 16 N–H and O–H groups in total. The van der Waals surface area contributed by atoms with E-state index in [9.17, 15) is 58.2 Å². The Balaban J connectivity index is 0.000000325. The Kier molecular flexibility index (Phi) is 42.3. The number of aliphatic hydroxyl groups is 8. The summed E-state index contributed by atoms with van der Waals surface area (Å²) in [5.41, 5.74) is 6.06. The molecule has 0 spiro atoms. The summed E-state index contributed by atoms with van der Waals surface area (Å²) in [6.45, 7) is 12.7. The first-order chi connectivity index (χ1) is 57.1. The second-order valence-corrected chi connectivity index (χ2v) is 26.4. The Hall–Kier alpha value is -11.1. The van der Waals surface area contributed by atoms with Gasteiger partial charge in [-0.15, -0.1) is 5.84 Å². The van der Waals surface area contributed by atoms with Crippen LogP contribution in [0.3, 0.4) is 0 Å². The molecular weight excluding hydrogens is 1640 g/mol. The zero-order chi connectivity index (χ0) is 86.9. The van der Waals surface area contributed by atoms with Crippen LogP contribution in [0.15, 0.2) is 164 Å². The van der Waals surface area contributed by atoms with Crippen molar-refractivity contribution in [3.63, 3.8) is 0 Å². The second-order valence-electron chi connectivity index (χ2n) is 26.4. The molecule has 5 saturated heterocycles. The smallest absolute Gasteiger partial charge is 0.857 e. The van der Waals surface area contributed by atoms with E-state index in [4.69, 9.17) is 100 Å². The fourth-order valence-corrected chi connectivity index (χ4v) is 12.2. The van der Waals surface area contributed by atoms with Crippen LogP contribution in [-0.2, 0) is 61.7 Å². The first-order valence-corrected chi connectivity index (χ1v) is 36.5. The topological polar surface area (TPSA) is 636 Å². The predicted molar refractivity (Wildman–Crippen MR) is 421 cm³/mol. The van der Waals surface area contributed by atoms with Gasteiger partial charge in [-0.1, -0.05) is 87.6 Å². The number of aldehydes is 1. The molecule has 5 fully saturated rings. The van der Waals surface area contributed by atoms with Gasteiger partial charge in [-0.3, -0.25) is 37.9 Å². The summed E-state index contributed by atoms with van der Waals surface area (Å²) in [5.74, 6) is 0.869. The van der Waals surface area contributed by atoms with Gasteiger partial charge >= 0.3 is 77.1 Å². The number of aromatic amines is 1. The SMILES string of the molecule is C.C.CCOC(=O)C(C)C=O.C[O-].Cc1cn(C2C[C@@H](OC(=O)c3ccccc3)[C@H](COC(=O)c3ccccc3)O2)c(=O)[nH]c1=O.Cc1cn2c(nc1=O)OC1C2O[C@@H](CO)[C@@H]1O.Cc1cn2c(nc1=O)OC1C2O[C@@H](COC(=O)c2ccccc2)[C@@H]1OC(=O)c1ccccc1.N.NC1=NC2O[C@@H](CO)[C@H](O)C2O1.OC[C@@H]1OC(O)[C@H](O)[C@H]1O.[C-]#[N+]N.[Na+]. The molecule has 0 bridgehead atoms. The Morgan fingerprint density at radius 3 is 1.43 bits per heavy atom. The van der Waals surface area contributed by atoms with Crippen molar-refractivity contribution in [1.82, 2.24) is 34.8 Å². The van der Waals surface area contributed by atoms with Crippen LogP contribution in [0.2, 0.25) is 0 Å². The van der Waals surface area contributed by atoms with Crippen molar-refractivity contribution in [3.8, 4) is 12.0 Å². The molecule has 3 aromatic heterocycles. The summed E-state index contributed by atoms with van der Waals surface area (Å²) in [5, 5.41) is 80.2. The maximum atomic E-state index is 12.8. The fraction of sp³-hybridized carbons (Fsp3) is 0.443. The van der Waals surface area contributed by atoms with Crippen molar-refractivity contribution in [2.45, 2.75) is 173 Å². The van der Waals surface area contributed by atoms with E-state index < -0.39 is 176 Å². The second kappa shape index (κ2) is 49.9. The first-order valence-electron chi connectivity index (χ1n) is 36.5. The van der Waals surface area contributed by atoms with Gasteiger partial charge in [0.1, 0.15) is 92.7 Å². The number of nitrogens with one attached hydrogen (secondary N) is 1. The van der Waals surface area contributed by atoms with Crippen LogP contribution in [0.5, 0.6) is 12.0 Å². The van der Waals surface area contributed by atoms with Gasteiger partial charge in [0.2, 0.25) is 0 Å². The van der Waals surface area contributed by atoms with Crippen LogP contribution in [0.25, 0.3) is 4.95 Å². The molecule has 123 heavy (non-hydrogen) atoms. The number of rotatable bonds is 17. The van der Waals surface area contributed by atoms with Crippen LogP contribution in [0.1, 0.15) is 112 Å². The number of aliphatic imine (C=N–C) groups is 1. The summed E-state index contributed by atoms with van der Waals surface area (Å²) in [6.07, 6.45) is -10.4. The number of amidine groups is 1. The number of benzene rings is 4. The molecule has 0 aliphatic carbocycles. The fourth-order valence-electron chi connectivity index (χ4n) is 12.2. The molecule has 15 rings (SSSR count). The molecule has 43 nitrogen and oxygen atoms in total. The number of fused-ring (bicyclic) bond motifs is 7. The molecular formula is C79H100N11NaO32. The summed E-state index contributed by atoms with van der Waals surface area (Å²) >= 11 is 0. The summed E-state index contributed by atoms with van der Waals surface area (Å²) in [7, 11) is 0.750. The molecule has 44 heteroatoms. The largest absolute Gasteiger partial charge is 1.00 e. The van der Waals surface area contributed by atoms with E-state index in [1.807, 2.05) is 0 Å². The summed E-state index contributed by atoms with van der Waals surface area (Å²) in [4.78, 5) is 134. The third kappa shape index (κ3) is 26.7. The van der Waals surface area contributed by atoms with Gasteiger partial charge in [-0.05, 0) is 83.1 Å². The number of hydrogen-bond donors (Lipinski definition) is 12. The molecule has 8 aliphatic heterocycles. The standard InChI is InChI=1S/C24H20N2O7.C24H22N2O7.C10H12N2O5.C6H10N2O4.C6H10O3.C5H10O5.CH2N2.CH3O.2CH4.H3N.Na/c1-14-12-26-21-19(33-24(26)25-20(14)27)18(32-23(29)16-10-6-3-7-11-16)17(31-21)13-30-22(28)15-8-4-2-5-9-15;1-15-13-26(24(30)25-21(15)27)20-12-18(33-23(29)17-10-6-3-7-11-17)19(32-20)14-31-22(28)16-8-4-2-5-9-16;1-4-2-12-9-7(6(14)5(3-13)16-9)17-10(12)11-8(4)15;7-6-8-5-4(12-6)3(10)2(1-9)11-5;1-3-9-6(8)5(2)4-7;6-1-2-3(7)4(8)5(9)10-2;1-3-2;1-2;;;;/h2-12,17-19,21H,13H2,1H3;2-11,13,18-20H,12,14H2,1H3,(H,25,27,30);2,5-7,9,13-14H,3H2,1H3;2-5,9-10H,1H2,(H2,7,8);4-5H,3H2,1-2H3;2-9H,1H2;2H2;1H3;2*1H4;1H3;/q;;;;;;;-1;;;;+1/t17-,18-,19?,21?;18-,19+,20?;5-,6-,7?,9?;2-,3-,4?,5?;;2-,3-,4+,5?;;;;;;/m0100.0....../s1. The van der Waals surface area contributed by atoms with Gasteiger partial charge < -0.3 is 124 Å². The van der Waals surface area contributed by atoms with Gasteiger partial charge in [0.05, 0.1) is 48.7 Å².